The van der Waals surface area contributed by atoms with Crippen LogP contribution in [-0.4, -0.2) is 9.97 Å². The number of rotatable bonds is 0. The van der Waals surface area contributed by atoms with E-state index in [-0.39, 0.29) is 5.41 Å². The molecule has 3 nitrogen and oxygen atoms in total. The Hall–Kier alpha value is -1.90. The average Bonchev–Trinajstić information content (AvgIpc) is 2.29. The van der Waals surface area contributed by atoms with Crippen molar-refractivity contribution in [3.8, 4) is 11.3 Å². The van der Waals surface area contributed by atoms with Crippen LogP contribution in [0, 0.1) is 6.92 Å². The van der Waals surface area contributed by atoms with Gasteiger partial charge in [0, 0.05) is 11.1 Å². The van der Waals surface area contributed by atoms with E-state index >= 15 is 0 Å². The molecule has 2 N–H and O–H groups in total. The van der Waals surface area contributed by atoms with Gasteiger partial charge in [0.2, 0.25) is 0 Å². The highest BCUT2D eigenvalue weighted by atomic mass is 14.9. The molecule has 3 rings (SSSR count). The number of nitrogens with two attached hydrogens (primary N) is 1. The van der Waals surface area contributed by atoms with E-state index in [1.807, 2.05) is 0 Å². The fourth-order valence-corrected chi connectivity index (χ4v) is 2.90. The molecule has 0 fully saturated rings. The molecule has 3 heteroatoms. The van der Waals surface area contributed by atoms with Gasteiger partial charge in [-0.05, 0) is 30.4 Å². The zero-order valence-corrected chi connectivity index (χ0v) is 11.0. The van der Waals surface area contributed by atoms with Crippen molar-refractivity contribution < 1.29 is 0 Å². The van der Waals surface area contributed by atoms with E-state index in [0.717, 1.165) is 17.7 Å². The van der Waals surface area contributed by atoms with E-state index in [4.69, 9.17) is 5.73 Å². The smallest absolute Gasteiger partial charge is 0.131 e. The monoisotopic (exact) mass is 239 g/mol. The molecule has 2 aromatic rings. The summed E-state index contributed by atoms with van der Waals surface area (Å²) in [5.74, 6) is 0.608. The van der Waals surface area contributed by atoms with Crippen molar-refractivity contribution in [3.05, 3.63) is 41.2 Å². The van der Waals surface area contributed by atoms with Crippen LogP contribution in [0.15, 0.2) is 24.5 Å². The van der Waals surface area contributed by atoms with Gasteiger partial charge < -0.3 is 5.73 Å². The second-order valence-electron chi connectivity index (χ2n) is 5.70. The van der Waals surface area contributed by atoms with E-state index in [0.29, 0.717) is 5.82 Å². The topological polar surface area (TPSA) is 51.8 Å². The third-order valence-corrected chi connectivity index (χ3v) is 3.71. The number of benzene rings is 1. The molecule has 1 aromatic carbocycles. The van der Waals surface area contributed by atoms with Crippen molar-refractivity contribution in [1.29, 1.82) is 0 Å². The van der Waals surface area contributed by atoms with Gasteiger partial charge in [0.25, 0.3) is 0 Å². The van der Waals surface area contributed by atoms with Gasteiger partial charge in [-0.1, -0.05) is 31.5 Å². The summed E-state index contributed by atoms with van der Waals surface area (Å²) in [5, 5.41) is 0. The molecule has 0 unspecified atom stereocenters. The quantitative estimate of drug-likeness (QED) is 0.769. The molecule has 92 valence electrons. The lowest BCUT2D eigenvalue weighted by Gasteiger charge is -2.33. The number of hydrogen-bond acceptors (Lipinski definition) is 3. The van der Waals surface area contributed by atoms with Gasteiger partial charge in [-0.3, -0.25) is 0 Å². The van der Waals surface area contributed by atoms with Crippen LogP contribution in [0.2, 0.25) is 0 Å². The Labute approximate surface area is 107 Å². The predicted molar refractivity (Wildman–Crippen MR) is 73.3 cm³/mol. The molecule has 0 saturated heterocycles. The van der Waals surface area contributed by atoms with E-state index in [2.05, 4.69) is 48.9 Å². The molecule has 1 aliphatic carbocycles. The van der Waals surface area contributed by atoms with Gasteiger partial charge in [-0.25, -0.2) is 9.97 Å². The maximum absolute atomic E-state index is 6.06. The number of fused-ring (bicyclic) bond motifs is 3. The Kier molecular flexibility index (Phi) is 2.21. The van der Waals surface area contributed by atoms with Gasteiger partial charge in [-0.2, -0.15) is 0 Å². The number of nitrogen functional groups attached to an aromatic ring is 1. The molecule has 0 saturated carbocycles. The molecule has 0 spiro atoms. The fourth-order valence-electron chi connectivity index (χ4n) is 2.90. The summed E-state index contributed by atoms with van der Waals surface area (Å²) in [6, 6.07) is 6.55. The standard InChI is InChI=1S/C15H17N3/c1-9-4-5-10-7-15(2,3)12-13(11(10)6-9)17-8-18-14(12)16/h4-6,8H,7H2,1-3H3,(H2,16,17,18). The number of hydrogen-bond donors (Lipinski definition) is 1. The second-order valence-corrected chi connectivity index (χ2v) is 5.70. The van der Waals surface area contributed by atoms with E-state index in [9.17, 15) is 0 Å². The summed E-state index contributed by atoms with van der Waals surface area (Å²) < 4.78 is 0. The van der Waals surface area contributed by atoms with Crippen LogP contribution in [0.25, 0.3) is 11.3 Å². The van der Waals surface area contributed by atoms with Gasteiger partial charge in [0.1, 0.15) is 12.1 Å². The van der Waals surface area contributed by atoms with Crippen LogP contribution in [0.1, 0.15) is 30.5 Å². The predicted octanol–water partition coefficient (Wildman–Crippen LogP) is 2.87. The molecule has 0 bridgehead atoms. The molecular formula is C15H17N3. The van der Waals surface area contributed by atoms with Crippen molar-refractivity contribution in [1.82, 2.24) is 9.97 Å². The third-order valence-electron chi connectivity index (χ3n) is 3.71. The minimum absolute atomic E-state index is 0.0110. The largest absolute Gasteiger partial charge is 0.383 e. The number of nitrogens with zero attached hydrogens (tertiary/aromatic N) is 2. The molecule has 0 aliphatic heterocycles. The zero-order chi connectivity index (χ0) is 12.9. The van der Waals surface area contributed by atoms with Gasteiger partial charge in [0.15, 0.2) is 0 Å². The Morgan fingerprint density at radius 1 is 1.22 bits per heavy atom. The van der Waals surface area contributed by atoms with Gasteiger partial charge in [0.05, 0.1) is 5.69 Å². The fraction of sp³-hybridized carbons (Fsp3) is 0.333. The highest BCUT2D eigenvalue weighted by Gasteiger charge is 2.34. The molecule has 1 aliphatic rings. The maximum Gasteiger partial charge on any atom is 0.131 e. The van der Waals surface area contributed by atoms with Crippen molar-refractivity contribution in [3.63, 3.8) is 0 Å². The number of aryl methyl sites for hydroxylation is 1. The molecule has 1 heterocycles. The normalized spacial score (nSPS) is 15.9. The highest BCUT2D eigenvalue weighted by Crippen LogP contribution is 2.43. The van der Waals surface area contributed by atoms with Crippen LogP contribution in [0.4, 0.5) is 5.82 Å². The molecular weight excluding hydrogens is 222 g/mol. The third kappa shape index (κ3) is 1.50. The van der Waals surface area contributed by atoms with Gasteiger partial charge >= 0.3 is 0 Å². The van der Waals surface area contributed by atoms with Gasteiger partial charge in [-0.15, -0.1) is 0 Å². The van der Waals surface area contributed by atoms with Crippen LogP contribution >= 0.6 is 0 Å². The first-order valence-electron chi connectivity index (χ1n) is 6.20. The van der Waals surface area contributed by atoms with E-state index in [1.165, 1.54) is 16.7 Å². The Morgan fingerprint density at radius 3 is 2.78 bits per heavy atom. The average molecular weight is 239 g/mol. The van der Waals surface area contributed by atoms with Crippen molar-refractivity contribution in [2.24, 2.45) is 0 Å². The van der Waals surface area contributed by atoms with Crippen LogP contribution in [0.5, 0.6) is 0 Å². The van der Waals surface area contributed by atoms with Crippen molar-refractivity contribution in [2.45, 2.75) is 32.6 Å². The van der Waals surface area contributed by atoms with Crippen molar-refractivity contribution in [2.75, 3.05) is 5.73 Å². The SMILES string of the molecule is Cc1ccc2c(c1)-c1ncnc(N)c1C(C)(C)C2. The minimum Gasteiger partial charge on any atom is -0.383 e. The van der Waals surface area contributed by atoms with Crippen molar-refractivity contribution >= 4 is 5.82 Å². The summed E-state index contributed by atoms with van der Waals surface area (Å²) in [6.45, 7) is 6.51. The summed E-state index contributed by atoms with van der Waals surface area (Å²) in [6.07, 6.45) is 2.54. The Morgan fingerprint density at radius 2 is 2.00 bits per heavy atom. The Balaban J connectivity index is 2.37. The minimum atomic E-state index is -0.0110. The maximum atomic E-state index is 6.06. The first-order valence-corrected chi connectivity index (χ1v) is 6.20. The van der Waals surface area contributed by atoms with Crippen LogP contribution < -0.4 is 5.73 Å². The lowest BCUT2D eigenvalue weighted by atomic mass is 9.72. The van der Waals surface area contributed by atoms with E-state index in [1.54, 1.807) is 6.33 Å². The summed E-state index contributed by atoms with van der Waals surface area (Å²) in [4.78, 5) is 8.62. The molecule has 0 atom stereocenters. The summed E-state index contributed by atoms with van der Waals surface area (Å²) in [5.41, 5.74) is 11.9. The Bertz CT molecular complexity index is 630. The first kappa shape index (κ1) is 11.2. The molecule has 0 radical (unpaired) electrons. The summed E-state index contributed by atoms with van der Waals surface area (Å²) >= 11 is 0. The van der Waals surface area contributed by atoms with E-state index < -0.39 is 0 Å². The molecule has 18 heavy (non-hydrogen) atoms. The first-order chi connectivity index (χ1) is 8.49. The zero-order valence-electron chi connectivity index (χ0n) is 11.0. The highest BCUT2D eigenvalue weighted by molar-refractivity contribution is 5.75. The summed E-state index contributed by atoms with van der Waals surface area (Å²) in [7, 11) is 0. The lowest BCUT2D eigenvalue weighted by molar-refractivity contribution is 0.514. The number of aromatic nitrogens is 2. The second kappa shape index (κ2) is 3.55. The van der Waals surface area contributed by atoms with Crippen LogP contribution in [0.3, 0.4) is 0 Å². The lowest BCUT2D eigenvalue weighted by Crippen LogP contribution is -2.28. The number of anilines is 1. The molecule has 1 aromatic heterocycles. The van der Waals surface area contributed by atoms with Crippen LogP contribution in [-0.2, 0) is 11.8 Å². The molecule has 0 amide bonds.